The molecule has 0 spiro atoms. The molecule has 1 N–H and O–H groups in total. The molecule has 0 saturated heterocycles. The number of carbonyl (C=O) groups excluding carboxylic acids is 2. The van der Waals surface area contributed by atoms with Gasteiger partial charge < -0.3 is 10.2 Å². The first kappa shape index (κ1) is 31.3. The Kier molecular flexibility index (Phi) is 10.8. The Balaban J connectivity index is 1.69. The normalized spacial score (nSPS) is 14.8. The fourth-order valence-corrected chi connectivity index (χ4v) is 6.37. The monoisotopic (exact) mass is 589 g/mol. The molecule has 0 unspecified atom stereocenters. The molecule has 0 radical (unpaired) electrons. The Morgan fingerprint density at radius 2 is 1.40 bits per heavy atom. The van der Waals surface area contributed by atoms with Crippen LogP contribution >= 0.6 is 0 Å². The highest BCUT2D eigenvalue weighted by molar-refractivity contribution is 7.92. The Labute approximate surface area is 251 Å². The molecular weight excluding hydrogens is 546 g/mol. The van der Waals surface area contributed by atoms with Gasteiger partial charge in [-0.15, -0.1) is 0 Å². The quantitative estimate of drug-likeness (QED) is 0.295. The van der Waals surface area contributed by atoms with Crippen LogP contribution in [0.3, 0.4) is 0 Å². The van der Waals surface area contributed by atoms with E-state index in [1.54, 1.807) is 17.0 Å². The molecule has 7 nitrogen and oxygen atoms in total. The fraction of sp³-hybridized carbons (Fsp3) is 0.412. The summed E-state index contributed by atoms with van der Waals surface area (Å²) in [5.41, 5.74) is 3.28. The van der Waals surface area contributed by atoms with Crippen molar-refractivity contribution in [1.82, 2.24) is 10.2 Å². The largest absolute Gasteiger partial charge is 0.352 e. The van der Waals surface area contributed by atoms with Crippen LogP contribution in [0.15, 0.2) is 84.9 Å². The summed E-state index contributed by atoms with van der Waals surface area (Å²) in [5, 5.41) is 3.23. The van der Waals surface area contributed by atoms with Gasteiger partial charge in [0.15, 0.2) is 0 Å². The number of carbonyl (C=O) groups is 2. The zero-order valence-electron chi connectivity index (χ0n) is 24.9. The van der Waals surface area contributed by atoms with Crippen LogP contribution in [-0.4, -0.2) is 50.0 Å². The molecule has 1 aliphatic carbocycles. The van der Waals surface area contributed by atoms with Gasteiger partial charge >= 0.3 is 0 Å². The number of amides is 2. The molecule has 0 bridgehead atoms. The zero-order valence-corrected chi connectivity index (χ0v) is 25.7. The minimum Gasteiger partial charge on any atom is -0.352 e. The lowest BCUT2D eigenvalue weighted by Crippen LogP contribution is -2.55. The summed E-state index contributed by atoms with van der Waals surface area (Å²) in [7, 11) is -3.79. The van der Waals surface area contributed by atoms with Crippen LogP contribution in [0.25, 0.3) is 0 Å². The van der Waals surface area contributed by atoms with E-state index >= 15 is 0 Å². The smallest absolute Gasteiger partial charge is 0.244 e. The van der Waals surface area contributed by atoms with Crippen molar-refractivity contribution in [2.45, 2.75) is 76.9 Å². The van der Waals surface area contributed by atoms with Gasteiger partial charge in [0, 0.05) is 19.0 Å². The van der Waals surface area contributed by atoms with E-state index < -0.39 is 28.5 Å². The minimum atomic E-state index is -3.79. The van der Waals surface area contributed by atoms with Crippen LogP contribution in [0.4, 0.5) is 5.69 Å². The highest BCUT2D eigenvalue weighted by Crippen LogP contribution is 2.24. The predicted octanol–water partition coefficient (Wildman–Crippen LogP) is 5.67. The first-order valence-corrected chi connectivity index (χ1v) is 16.7. The third kappa shape index (κ3) is 8.68. The summed E-state index contributed by atoms with van der Waals surface area (Å²) in [5.74, 6) is -0.352. The average Bonchev–Trinajstić information content (AvgIpc) is 2.98. The van der Waals surface area contributed by atoms with E-state index in [1.165, 1.54) is 0 Å². The van der Waals surface area contributed by atoms with Crippen molar-refractivity contribution in [1.29, 1.82) is 0 Å². The van der Waals surface area contributed by atoms with Gasteiger partial charge in [0.1, 0.15) is 12.6 Å². The Morgan fingerprint density at radius 1 is 0.833 bits per heavy atom. The van der Waals surface area contributed by atoms with Gasteiger partial charge in [0.25, 0.3) is 0 Å². The highest BCUT2D eigenvalue weighted by Gasteiger charge is 2.34. The molecule has 1 aliphatic rings. The minimum absolute atomic E-state index is 0.0743. The van der Waals surface area contributed by atoms with Crippen LogP contribution < -0.4 is 9.62 Å². The fourth-order valence-electron chi connectivity index (χ4n) is 5.52. The summed E-state index contributed by atoms with van der Waals surface area (Å²) >= 11 is 0. The zero-order chi connectivity index (χ0) is 30.1. The molecule has 3 aromatic rings. The van der Waals surface area contributed by atoms with Crippen molar-refractivity contribution < 1.29 is 18.0 Å². The van der Waals surface area contributed by atoms with Gasteiger partial charge in [-0.1, -0.05) is 106 Å². The van der Waals surface area contributed by atoms with E-state index in [0.29, 0.717) is 12.1 Å². The average molecular weight is 590 g/mol. The summed E-state index contributed by atoms with van der Waals surface area (Å²) in [4.78, 5) is 29.7. The lowest BCUT2D eigenvalue weighted by atomic mass is 9.94. The Morgan fingerprint density at radius 3 is 1.95 bits per heavy atom. The SMILES string of the molecule is CC(C)c1ccc(N(CC(=O)N(Cc2ccccc2)[C@H](Cc2ccccc2)C(=O)NC2CCCCC2)S(C)(=O)=O)cc1. The topological polar surface area (TPSA) is 86.8 Å². The van der Waals surface area contributed by atoms with Crippen LogP contribution in [0, 0.1) is 0 Å². The third-order valence-electron chi connectivity index (χ3n) is 7.95. The predicted molar refractivity (Wildman–Crippen MR) is 169 cm³/mol. The molecule has 1 fully saturated rings. The maximum absolute atomic E-state index is 14.2. The van der Waals surface area contributed by atoms with Gasteiger partial charge in [-0.05, 0) is 47.6 Å². The van der Waals surface area contributed by atoms with Gasteiger partial charge in [-0.2, -0.15) is 0 Å². The second kappa shape index (κ2) is 14.5. The molecule has 0 heterocycles. The Bertz CT molecular complexity index is 1400. The first-order chi connectivity index (χ1) is 20.1. The van der Waals surface area contributed by atoms with E-state index in [1.807, 2.05) is 72.8 Å². The van der Waals surface area contributed by atoms with E-state index in [9.17, 15) is 18.0 Å². The Hall–Kier alpha value is -3.65. The van der Waals surface area contributed by atoms with Crippen LogP contribution in [0.5, 0.6) is 0 Å². The van der Waals surface area contributed by atoms with Crippen molar-refractivity contribution in [3.8, 4) is 0 Å². The first-order valence-electron chi connectivity index (χ1n) is 14.9. The third-order valence-corrected chi connectivity index (χ3v) is 9.09. The second-order valence-electron chi connectivity index (χ2n) is 11.6. The molecule has 2 amide bonds. The highest BCUT2D eigenvalue weighted by atomic mass is 32.2. The number of hydrogen-bond donors (Lipinski definition) is 1. The van der Waals surface area contributed by atoms with Crippen LogP contribution in [-0.2, 0) is 32.6 Å². The van der Waals surface area contributed by atoms with Crippen molar-refractivity contribution >= 4 is 27.5 Å². The molecule has 3 aromatic carbocycles. The summed E-state index contributed by atoms with van der Waals surface area (Å²) < 4.78 is 27.1. The molecule has 4 rings (SSSR count). The maximum Gasteiger partial charge on any atom is 0.244 e. The summed E-state index contributed by atoms with van der Waals surface area (Å²) in [6.45, 7) is 3.91. The molecule has 8 heteroatoms. The maximum atomic E-state index is 14.2. The van der Waals surface area contributed by atoms with E-state index in [2.05, 4.69) is 19.2 Å². The molecule has 1 saturated carbocycles. The number of anilines is 1. The molecule has 0 aliphatic heterocycles. The van der Waals surface area contributed by atoms with Crippen molar-refractivity contribution in [3.63, 3.8) is 0 Å². The molecule has 42 heavy (non-hydrogen) atoms. The standard InChI is InChI=1S/C34H43N3O4S/c1-26(2)29-19-21-31(22-20-29)37(42(3,40)41)25-33(38)36(24-28-15-9-5-10-16-28)32(23-27-13-7-4-8-14-27)34(39)35-30-17-11-6-12-18-30/h4-5,7-10,13-16,19-22,26,30,32H,6,11-12,17-18,23-25H2,1-3H3,(H,35,39)/t32-/m1/s1. The number of rotatable bonds is 12. The molecule has 1 atom stereocenters. The number of nitrogens with zero attached hydrogens (tertiary/aromatic N) is 2. The number of nitrogens with one attached hydrogen (secondary N) is 1. The van der Waals surface area contributed by atoms with Crippen LogP contribution in [0.1, 0.15) is 68.6 Å². The lowest BCUT2D eigenvalue weighted by molar-refractivity contribution is -0.140. The molecular formula is C34H43N3O4S. The van der Waals surface area contributed by atoms with Gasteiger partial charge in [0.2, 0.25) is 21.8 Å². The van der Waals surface area contributed by atoms with Gasteiger partial charge in [-0.25, -0.2) is 8.42 Å². The number of benzene rings is 3. The van der Waals surface area contributed by atoms with Crippen molar-refractivity contribution in [2.24, 2.45) is 0 Å². The van der Waals surface area contributed by atoms with Gasteiger partial charge in [0.05, 0.1) is 11.9 Å². The van der Waals surface area contributed by atoms with Crippen molar-refractivity contribution in [3.05, 3.63) is 102 Å². The van der Waals surface area contributed by atoms with E-state index in [0.717, 1.165) is 59.4 Å². The second-order valence-corrected chi connectivity index (χ2v) is 13.5. The molecule has 224 valence electrons. The summed E-state index contributed by atoms with van der Waals surface area (Å²) in [6, 6.07) is 25.7. The summed E-state index contributed by atoms with van der Waals surface area (Å²) in [6.07, 6.45) is 6.57. The van der Waals surface area contributed by atoms with E-state index in [4.69, 9.17) is 0 Å². The van der Waals surface area contributed by atoms with E-state index in [-0.39, 0.29) is 24.4 Å². The van der Waals surface area contributed by atoms with Crippen LogP contribution in [0.2, 0.25) is 0 Å². The number of hydrogen-bond acceptors (Lipinski definition) is 4. The lowest BCUT2D eigenvalue weighted by Gasteiger charge is -2.35. The van der Waals surface area contributed by atoms with Gasteiger partial charge in [-0.3, -0.25) is 13.9 Å². The van der Waals surface area contributed by atoms with Crippen molar-refractivity contribution in [2.75, 3.05) is 17.1 Å². The number of sulfonamides is 1. The molecule has 0 aromatic heterocycles.